The first-order valence-electron chi connectivity index (χ1n) is 6.15. The van der Waals surface area contributed by atoms with Gasteiger partial charge in [-0.15, -0.1) is 0 Å². The minimum absolute atomic E-state index is 0.292. The van der Waals surface area contributed by atoms with Crippen molar-refractivity contribution in [2.75, 3.05) is 0 Å². The highest BCUT2D eigenvalue weighted by Crippen LogP contribution is 2.42. The van der Waals surface area contributed by atoms with Crippen LogP contribution in [0.3, 0.4) is 0 Å². The van der Waals surface area contributed by atoms with Gasteiger partial charge < -0.3 is 4.98 Å². The summed E-state index contributed by atoms with van der Waals surface area (Å²) in [5, 5.41) is 0. The number of H-pyrrole nitrogens is 1. The van der Waals surface area contributed by atoms with Gasteiger partial charge in [-0.1, -0.05) is 19.8 Å². The first kappa shape index (κ1) is 9.82. The molecule has 0 radical (unpaired) electrons. The fourth-order valence-electron chi connectivity index (χ4n) is 2.91. The van der Waals surface area contributed by atoms with E-state index in [0.29, 0.717) is 5.41 Å². The van der Waals surface area contributed by atoms with Gasteiger partial charge in [0.2, 0.25) is 0 Å². The Bertz CT molecular complexity index is 462. The predicted molar refractivity (Wildman–Crippen MR) is 64.3 cm³/mol. The number of hydrogen-bond acceptors (Lipinski definition) is 2. The van der Waals surface area contributed by atoms with Crippen molar-refractivity contribution in [1.29, 1.82) is 0 Å². The van der Waals surface area contributed by atoms with Crippen molar-refractivity contribution in [3.8, 4) is 0 Å². The zero-order chi connectivity index (χ0) is 11.0. The van der Waals surface area contributed by atoms with Gasteiger partial charge >= 0.3 is 0 Å². The van der Waals surface area contributed by atoms with E-state index in [2.05, 4.69) is 27.9 Å². The van der Waals surface area contributed by atoms with Crippen LogP contribution in [-0.2, 0) is 5.41 Å². The number of nitrogens with one attached hydrogen (secondary N) is 1. The van der Waals surface area contributed by atoms with Gasteiger partial charge in [-0.25, -0.2) is 9.97 Å². The summed E-state index contributed by atoms with van der Waals surface area (Å²) in [6.07, 6.45) is 8.18. The molecule has 1 N–H and O–H groups in total. The predicted octanol–water partition coefficient (Wildman–Crippen LogP) is 3.18. The Morgan fingerprint density at radius 2 is 2.19 bits per heavy atom. The summed E-state index contributed by atoms with van der Waals surface area (Å²) in [6.45, 7) is 2.27. The lowest BCUT2D eigenvalue weighted by Crippen LogP contribution is -2.22. The molecule has 1 aliphatic carbocycles. The van der Waals surface area contributed by atoms with Crippen LogP contribution in [0.5, 0.6) is 0 Å². The molecule has 0 unspecified atom stereocenters. The first-order chi connectivity index (χ1) is 7.84. The van der Waals surface area contributed by atoms with Crippen LogP contribution >= 0.6 is 0 Å². The molecule has 0 bridgehead atoms. The van der Waals surface area contributed by atoms with E-state index in [0.717, 1.165) is 17.0 Å². The molecule has 3 rings (SSSR count). The van der Waals surface area contributed by atoms with Crippen LogP contribution in [0, 0.1) is 0 Å². The van der Waals surface area contributed by atoms with E-state index in [-0.39, 0.29) is 0 Å². The fourth-order valence-corrected chi connectivity index (χ4v) is 2.91. The van der Waals surface area contributed by atoms with Crippen molar-refractivity contribution in [2.24, 2.45) is 0 Å². The molecule has 0 aromatic carbocycles. The smallest absolute Gasteiger partial charge is 0.177 e. The molecule has 2 aromatic heterocycles. The Morgan fingerprint density at radius 3 is 2.88 bits per heavy atom. The first-order valence-corrected chi connectivity index (χ1v) is 6.15. The van der Waals surface area contributed by atoms with Crippen molar-refractivity contribution in [3.63, 3.8) is 0 Å². The van der Waals surface area contributed by atoms with Gasteiger partial charge in [-0.05, 0) is 31.4 Å². The maximum absolute atomic E-state index is 4.67. The summed E-state index contributed by atoms with van der Waals surface area (Å²) in [6, 6.07) is 4.01. The topological polar surface area (TPSA) is 41.6 Å². The van der Waals surface area contributed by atoms with E-state index in [1.807, 2.05) is 6.07 Å². The summed E-state index contributed by atoms with van der Waals surface area (Å²) in [5.41, 5.74) is 2.22. The monoisotopic (exact) mass is 215 g/mol. The molecule has 0 spiro atoms. The van der Waals surface area contributed by atoms with Crippen molar-refractivity contribution < 1.29 is 0 Å². The third kappa shape index (κ3) is 1.34. The van der Waals surface area contributed by atoms with Crippen LogP contribution in [0.2, 0.25) is 0 Å². The van der Waals surface area contributed by atoms with Crippen LogP contribution in [0.15, 0.2) is 18.3 Å². The van der Waals surface area contributed by atoms with Crippen molar-refractivity contribution in [2.45, 2.75) is 44.4 Å². The molecule has 3 nitrogen and oxygen atoms in total. The van der Waals surface area contributed by atoms with Crippen molar-refractivity contribution in [1.82, 2.24) is 15.0 Å². The number of pyridine rings is 1. The number of aromatic amines is 1. The number of nitrogens with zero attached hydrogens (tertiary/aromatic N) is 2. The second-order valence-corrected chi connectivity index (χ2v) is 4.80. The average Bonchev–Trinajstić information content (AvgIpc) is 2.96. The highest BCUT2D eigenvalue weighted by Gasteiger charge is 2.36. The van der Waals surface area contributed by atoms with E-state index < -0.39 is 0 Å². The Kier molecular flexibility index (Phi) is 2.20. The Balaban J connectivity index is 2.10. The van der Waals surface area contributed by atoms with Crippen molar-refractivity contribution >= 4 is 11.2 Å². The molecule has 0 aliphatic heterocycles. The fraction of sp³-hybridized carbons (Fsp3) is 0.538. The zero-order valence-electron chi connectivity index (χ0n) is 9.66. The van der Waals surface area contributed by atoms with Gasteiger partial charge in [0.25, 0.3) is 0 Å². The molecule has 84 valence electrons. The largest absolute Gasteiger partial charge is 0.340 e. The number of fused-ring (bicyclic) bond motifs is 1. The summed E-state index contributed by atoms with van der Waals surface area (Å²) in [7, 11) is 0. The number of aromatic nitrogens is 3. The zero-order valence-corrected chi connectivity index (χ0v) is 9.66. The highest BCUT2D eigenvalue weighted by atomic mass is 15.0. The number of rotatable bonds is 2. The third-order valence-corrected chi connectivity index (χ3v) is 4.00. The van der Waals surface area contributed by atoms with E-state index in [1.165, 1.54) is 32.1 Å². The second-order valence-electron chi connectivity index (χ2n) is 4.80. The van der Waals surface area contributed by atoms with E-state index in [9.17, 15) is 0 Å². The lowest BCUT2D eigenvalue weighted by Gasteiger charge is -2.24. The molecular weight excluding hydrogens is 198 g/mol. The van der Waals surface area contributed by atoms with Gasteiger partial charge in [-0.3, -0.25) is 0 Å². The maximum atomic E-state index is 4.67. The molecule has 1 aliphatic rings. The number of imidazole rings is 1. The standard InChI is InChI=1S/C13H17N3/c1-2-13(7-3-4-8-13)12-15-10-6-5-9-14-11(10)16-12/h5-6,9H,2-4,7-8H2,1H3,(H,14,15,16). The molecule has 2 aromatic rings. The Hall–Kier alpha value is -1.38. The second kappa shape index (κ2) is 3.58. The molecule has 16 heavy (non-hydrogen) atoms. The lowest BCUT2D eigenvalue weighted by molar-refractivity contribution is 0.403. The van der Waals surface area contributed by atoms with Crippen LogP contribution in [0.1, 0.15) is 44.9 Å². The summed E-state index contributed by atoms with van der Waals surface area (Å²) < 4.78 is 0. The normalized spacial score (nSPS) is 19.3. The molecule has 2 heterocycles. The molecule has 0 amide bonds. The molecule has 0 atom stereocenters. The maximum Gasteiger partial charge on any atom is 0.177 e. The summed E-state index contributed by atoms with van der Waals surface area (Å²) >= 11 is 0. The summed E-state index contributed by atoms with van der Waals surface area (Å²) in [5.74, 6) is 1.15. The van der Waals surface area contributed by atoms with Gasteiger partial charge in [0.1, 0.15) is 5.82 Å². The third-order valence-electron chi connectivity index (χ3n) is 4.00. The van der Waals surface area contributed by atoms with Crippen molar-refractivity contribution in [3.05, 3.63) is 24.2 Å². The van der Waals surface area contributed by atoms with Gasteiger partial charge in [-0.2, -0.15) is 0 Å². The average molecular weight is 215 g/mol. The molecular formula is C13H17N3. The quantitative estimate of drug-likeness (QED) is 0.836. The lowest BCUT2D eigenvalue weighted by atomic mass is 9.83. The molecule has 1 fully saturated rings. The van der Waals surface area contributed by atoms with E-state index >= 15 is 0 Å². The molecule has 1 saturated carbocycles. The van der Waals surface area contributed by atoms with Crippen LogP contribution in [0.25, 0.3) is 11.2 Å². The van der Waals surface area contributed by atoms with Crippen LogP contribution < -0.4 is 0 Å². The van der Waals surface area contributed by atoms with Crippen LogP contribution in [-0.4, -0.2) is 15.0 Å². The van der Waals surface area contributed by atoms with E-state index in [1.54, 1.807) is 6.20 Å². The molecule has 3 heteroatoms. The SMILES string of the molecule is CCC1(c2nc3ncccc3[nH]2)CCCC1. The van der Waals surface area contributed by atoms with Gasteiger partial charge in [0.05, 0.1) is 5.52 Å². The highest BCUT2D eigenvalue weighted by molar-refractivity contribution is 5.70. The Labute approximate surface area is 95.3 Å². The number of hydrogen-bond donors (Lipinski definition) is 1. The minimum Gasteiger partial charge on any atom is -0.340 e. The Morgan fingerprint density at radius 1 is 1.38 bits per heavy atom. The van der Waals surface area contributed by atoms with Gasteiger partial charge in [0.15, 0.2) is 5.65 Å². The summed E-state index contributed by atoms with van der Waals surface area (Å²) in [4.78, 5) is 12.4. The van der Waals surface area contributed by atoms with E-state index in [4.69, 9.17) is 0 Å². The minimum atomic E-state index is 0.292. The van der Waals surface area contributed by atoms with Crippen LogP contribution in [0.4, 0.5) is 0 Å². The van der Waals surface area contributed by atoms with Gasteiger partial charge in [0, 0.05) is 11.6 Å². The molecule has 0 saturated heterocycles.